The first-order valence-electron chi connectivity index (χ1n) is 4.87. The van der Waals surface area contributed by atoms with Gasteiger partial charge in [0.25, 0.3) is 5.69 Å². The van der Waals surface area contributed by atoms with Gasteiger partial charge in [-0.1, -0.05) is 0 Å². The van der Waals surface area contributed by atoms with Crippen molar-refractivity contribution < 1.29 is 4.92 Å². The summed E-state index contributed by atoms with van der Waals surface area (Å²) in [6.45, 7) is 2.02. The van der Waals surface area contributed by atoms with Crippen LogP contribution in [0.4, 0.5) is 11.4 Å². The molecule has 0 spiro atoms. The van der Waals surface area contributed by atoms with E-state index in [1.807, 2.05) is 6.07 Å². The highest BCUT2D eigenvalue weighted by molar-refractivity contribution is 14.1. The van der Waals surface area contributed by atoms with Gasteiger partial charge in [-0.25, -0.2) is 0 Å². The number of hydrogen-bond acceptors (Lipinski definition) is 3. The van der Waals surface area contributed by atoms with Crippen LogP contribution in [0, 0.1) is 13.7 Å². The first kappa shape index (κ1) is 10.7. The molecule has 4 nitrogen and oxygen atoms in total. The van der Waals surface area contributed by atoms with Crippen molar-refractivity contribution in [1.29, 1.82) is 0 Å². The minimum Gasteiger partial charge on any atom is -0.371 e. The second-order valence-electron chi connectivity index (χ2n) is 3.62. The van der Waals surface area contributed by atoms with E-state index >= 15 is 0 Å². The lowest BCUT2D eigenvalue weighted by Gasteiger charge is -2.17. The molecule has 0 unspecified atom stereocenters. The first-order chi connectivity index (χ1) is 7.16. The molecular formula is C10H11IN2O2. The van der Waals surface area contributed by atoms with Crippen LogP contribution in [0.25, 0.3) is 0 Å². The normalized spacial score (nSPS) is 15.7. The Kier molecular flexibility index (Phi) is 3.08. The van der Waals surface area contributed by atoms with Crippen molar-refractivity contribution in [3.63, 3.8) is 0 Å². The predicted molar refractivity (Wildman–Crippen MR) is 67.3 cm³/mol. The smallest absolute Gasteiger partial charge is 0.272 e. The molecule has 80 valence electrons. The molecule has 0 saturated carbocycles. The Labute approximate surface area is 102 Å². The second kappa shape index (κ2) is 4.34. The molecule has 1 aromatic rings. The van der Waals surface area contributed by atoms with E-state index in [0.717, 1.165) is 22.3 Å². The highest BCUT2D eigenvalue weighted by Crippen LogP contribution is 2.27. The largest absolute Gasteiger partial charge is 0.371 e. The van der Waals surface area contributed by atoms with E-state index in [1.54, 1.807) is 12.1 Å². The number of halogens is 1. The van der Waals surface area contributed by atoms with Crippen molar-refractivity contribution in [1.82, 2.24) is 0 Å². The van der Waals surface area contributed by atoms with Gasteiger partial charge in [0.1, 0.15) is 0 Å². The Morgan fingerprint density at radius 1 is 1.27 bits per heavy atom. The molecule has 1 aromatic carbocycles. The van der Waals surface area contributed by atoms with Gasteiger partial charge in [0, 0.05) is 34.5 Å². The van der Waals surface area contributed by atoms with Crippen LogP contribution in [0.3, 0.4) is 0 Å². The van der Waals surface area contributed by atoms with Gasteiger partial charge in [-0.05, 0) is 41.5 Å². The molecule has 0 radical (unpaired) electrons. The lowest BCUT2D eigenvalue weighted by molar-refractivity contribution is -0.384. The lowest BCUT2D eigenvalue weighted by atomic mass is 10.2. The van der Waals surface area contributed by atoms with Crippen LogP contribution in [0.2, 0.25) is 0 Å². The minimum atomic E-state index is -0.332. The quantitative estimate of drug-likeness (QED) is 0.478. The molecule has 15 heavy (non-hydrogen) atoms. The van der Waals surface area contributed by atoms with Crippen LogP contribution >= 0.6 is 22.6 Å². The summed E-state index contributed by atoms with van der Waals surface area (Å²) in [5, 5.41) is 10.7. The number of nitro benzene ring substituents is 1. The monoisotopic (exact) mass is 318 g/mol. The fraction of sp³-hybridized carbons (Fsp3) is 0.400. The van der Waals surface area contributed by atoms with Crippen LogP contribution in [-0.4, -0.2) is 18.0 Å². The molecule has 0 N–H and O–H groups in total. The summed E-state index contributed by atoms with van der Waals surface area (Å²) in [5.41, 5.74) is 1.16. The Morgan fingerprint density at radius 2 is 1.93 bits per heavy atom. The molecule has 0 amide bonds. The maximum atomic E-state index is 10.7. The molecule has 1 fully saturated rings. The molecule has 1 aliphatic rings. The van der Waals surface area contributed by atoms with Gasteiger partial charge < -0.3 is 4.90 Å². The van der Waals surface area contributed by atoms with Gasteiger partial charge in [0.15, 0.2) is 0 Å². The summed E-state index contributed by atoms with van der Waals surface area (Å²) in [7, 11) is 0. The van der Waals surface area contributed by atoms with E-state index in [0.29, 0.717) is 0 Å². The van der Waals surface area contributed by atoms with E-state index in [2.05, 4.69) is 27.5 Å². The van der Waals surface area contributed by atoms with E-state index in [-0.39, 0.29) is 10.6 Å². The van der Waals surface area contributed by atoms with E-state index in [1.165, 1.54) is 12.8 Å². The maximum absolute atomic E-state index is 10.7. The standard InChI is InChI=1S/C10H11IN2O2/c11-8-5-9(12-3-1-2-4-12)7-10(6-8)13(14)15/h5-7H,1-4H2. The second-order valence-corrected chi connectivity index (χ2v) is 4.86. The number of nitrogens with zero attached hydrogens (tertiary/aromatic N) is 2. The molecule has 0 aliphatic carbocycles. The van der Waals surface area contributed by atoms with Crippen molar-refractivity contribution in [2.75, 3.05) is 18.0 Å². The third-order valence-electron chi connectivity index (χ3n) is 2.55. The molecule has 5 heteroatoms. The SMILES string of the molecule is O=[N+]([O-])c1cc(I)cc(N2CCCC2)c1. The average Bonchev–Trinajstić information content (AvgIpc) is 2.69. The molecular weight excluding hydrogens is 307 g/mol. The fourth-order valence-corrected chi connectivity index (χ4v) is 2.46. The summed E-state index contributed by atoms with van der Waals surface area (Å²) in [4.78, 5) is 12.6. The van der Waals surface area contributed by atoms with Gasteiger partial charge in [-0.3, -0.25) is 10.1 Å². The van der Waals surface area contributed by atoms with Crippen molar-refractivity contribution in [2.24, 2.45) is 0 Å². The van der Waals surface area contributed by atoms with E-state index in [9.17, 15) is 10.1 Å². The van der Waals surface area contributed by atoms with Crippen LogP contribution in [0.5, 0.6) is 0 Å². The predicted octanol–water partition coefficient (Wildman–Crippen LogP) is 2.80. The lowest BCUT2D eigenvalue weighted by Crippen LogP contribution is -2.17. The Morgan fingerprint density at radius 3 is 2.53 bits per heavy atom. The maximum Gasteiger partial charge on any atom is 0.272 e. The number of non-ortho nitro benzene ring substituents is 1. The van der Waals surface area contributed by atoms with Gasteiger partial charge in [-0.15, -0.1) is 0 Å². The van der Waals surface area contributed by atoms with Crippen molar-refractivity contribution in [2.45, 2.75) is 12.8 Å². The average molecular weight is 318 g/mol. The summed E-state index contributed by atoms with van der Waals surface area (Å²) >= 11 is 2.12. The van der Waals surface area contributed by atoms with Crippen LogP contribution in [0.1, 0.15) is 12.8 Å². The molecule has 0 aromatic heterocycles. The molecule has 2 rings (SSSR count). The molecule has 1 heterocycles. The van der Waals surface area contributed by atoms with Crippen molar-refractivity contribution in [3.05, 3.63) is 31.9 Å². The molecule has 0 atom stereocenters. The van der Waals surface area contributed by atoms with Gasteiger partial charge in [-0.2, -0.15) is 0 Å². The van der Waals surface area contributed by atoms with Gasteiger partial charge in [0.05, 0.1) is 4.92 Å². The van der Waals surface area contributed by atoms with Crippen LogP contribution in [0.15, 0.2) is 18.2 Å². The van der Waals surface area contributed by atoms with Crippen LogP contribution in [-0.2, 0) is 0 Å². The number of benzene rings is 1. The first-order valence-corrected chi connectivity index (χ1v) is 5.94. The summed E-state index contributed by atoms with van der Waals surface area (Å²) in [6, 6.07) is 5.26. The summed E-state index contributed by atoms with van der Waals surface area (Å²) in [5.74, 6) is 0. The molecule has 1 saturated heterocycles. The third-order valence-corrected chi connectivity index (χ3v) is 3.17. The molecule has 0 bridgehead atoms. The highest BCUT2D eigenvalue weighted by atomic mass is 127. The van der Waals surface area contributed by atoms with E-state index < -0.39 is 0 Å². The Balaban J connectivity index is 2.34. The van der Waals surface area contributed by atoms with Gasteiger partial charge >= 0.3 is 0 Å². The Bertz CT molecular complexity index is 389. The van der Waals surface area contributed by atoms with Crippen molar-refractivity contribution in [3.8, 4) is 0 Å². The van der Waals surface area contributed by atoms with Crippen LogP contribution < -0.4 is 4.90 Å². The fourth-order valence-electron chi connectivity index (χ4n) is 1.82. The zero-order valence-corrected chi connectivity index (χ0v) is 10.3. The number of rotatable bonds is 2. The van der Waals surface area contributed by atoms with Crippen molar-refractivity contribution >= 4 is 34.0 Å². The van der Waals surface area contributed by atoms with Gasteiger partial charge in [0.2, 0.25) is 0 Å². The zero-order chi connectivity index (χ0) is 10.8. The summed E-state index contributed by atoms with van der Waals surface area (Å²) in [6.07, 6.45) is 2.36. The third kappa shape index (κ3) is 2.39. The number of hydrogen-bond donors (Lipinski definition) is 0. The summed E-state index contributed by atoms with van der Waals surface area (Å²) < 4.78 is 0.920. The topological polar surface area (TPSA) is 46.4 Å². The number of nitro groups is 1. The minimum absolute atomic E-state index is 0.184. The Hall–Kier alpha value is -0.850. The number of anilines is 1. The highest BCUT2D eigenvalue weighted by Gasteiger charge is 2.16. The molecule has 1 aliphatic heterocycles. The van der Waals surface area contributed by atoms with E-state index in [4.69, 9.17) is 0 Å². The zero-order valence-electron chi connectivity index (χ0n) is 8.15.